The molecule has 0 heterocycles. The fourth-order valence-electron chi connectivity index (χ4n) is 1.31. The number of urea groups is 1. The quantitative estimate of drug-likeness (QED) is 0.660. The van der Waals surface area contributed by atoms with E-state index in [9.17, 15) is 9.18 Å². The first-order valence-electron chi connectivity index (χ1n) is 5.68. The molecular weight excluding hydrogens is 255 g/mol. The Labute approximate surface area is 110 Å². The summed E-state index contributed by atoms with van der Waals surface area (Å²) in [6.45, 7) is 4.13. The van der Waals surface area contributed by atoms with Crippen LogP contribution < -0.4 is 5.32 Å². The van der Waals surface area contributed by atoms with Gasteiger partial charge in [-0.05, 0) is 30.9 Å². The normalized spacial score (nSPS) is 10.2. The second-order valence-corrected chi connectivity index (χ2v) is 4.73. The second kappa shape index (κ2) is 7.23. The lowest BCUT2D eigenvalue weighted by atomic mass is 10.3. The molecule has 1 rings (SSSR count). The van der Waals surface area contributed by atoms with E-state index in [1.807, 2.05) is 6.92 Å². The first-order chi connectivity index (χ1) is 8.58. The van der Waals surface area contributed by atoms with Gasteiger partial charge in [0.2, 0.25) is 0 Å². The molecule has 6 heteroatoms. The molecule has 0 saturated heterocycles. The first kappa shape index (κ1) is 14.8. The van der Waals surface area contributed by atoms with Crippen LogP contribution in [0, 0.1) is 5.82 Å². The predicted octanol–water partition coefficient (Wildman–Crippen LogP) is 3.35. The molecule has 4 nitrogen and oxygen atoms in total. The summed E-state index contributed by atoms with van der Waals surface area (Å²) in [5.41, 5.74) is 0.407. The summed E-state index contributed by atoms with van der Waals surface area (Å²) >= 11 is 1.42. The number of carbonyl (C=O) groups is 1. The van der Waals surface area contributed by atoms with Crippen LogP contribution in [0.5, 0.6) is 0 Å². The molecule has 0 saturated carbocycles. The lowest BCUT2D eigenvalue weighted by Gasteiger charge is -2.16. The van der Waals surface area contributed by atoms with E-state index in [1.165, 1.54) is 24.9 Å². The van der Waals surface area contributed by atoms with E-state index < -0.39 is 6.03 Å². The molecule has 1 N–H and O–H groups in total. The van der Waals surface area contributed by atoms with Crippen LogP contribution in [0.25, 0.3) is 0 Å². The molecule has 0 unspecified atom stereocenters. The molecule has 1 aromatic carbocycles. The number of nitrogens with one attached hydrogen (secondary N) is 1. The molecule has 18 heavy (non-hydrogen) atoms. The van der Waals surface area contributed by atoms with Crippen LogP contribution in [-0.2, 0) is 4.84 Å². The van der Waals surface area contributed by atoms with E-state index in [0.29, 0.717) is 17.2 Å². The number of halogens is 1. The van der Waals surface area contributed by atoms with E-state index in [-0.39, 0.29) is 5.82 Å². The van der Waals surface area contributed by atoms with E-state index >= 15 is 0 Å². The highest BCUT2D eigenvalue weighted by Crippen LogP contribution is 2.24. The molecule has 0 aliphatic rings. The van der Waals surface area contributed by atoms with E-state index in [0.717, 1.165) is 10.8 Å². The van der Waals surface area contributed by atoms with Crippen LogP contribution in [-0.4, -0.2) is 30.5 Å². The Morgan fingerprint density at radius 3 is 2.78 bits per heavy atom. The summed E-state index contributed by atoms with van der Waals surface area (Å²) in [6.07, 6.45) is 0. The van der Waals surface area contributed by atoms with E-state index in [1.54, 1.807) is 19.1 Å². The number of rotatable bonds is 5. The van der Waals surface area contributed by atoms with Crippen molar-refractivity contribution in [3.05, 3.63) is 24.0 Å². The highest BCUT2D eigenvalue weighted by molar-refractivity contribution is 7.99. The van der Waals surface area contributed by atoms with Gasteiger partial charge >= 0.3 is 6.03 Å². The van der Waals surface area contributed by atoms with Gasteiger partial charge in [0.1, 0.15) is 5.82 Å². The molecule has 0 radical (unpaired) electrons. The first-order valence-corrected chi connectivity index (χ1v) is 6.67. The van der Waals surface area contributed by atoms with Gasteiger partial charge in [0.25, 0.3) is 0 Å². The van der Waals surface area contributed by atoms with E-state index in [2.05, 4.69) is 5.32 Å². The maximum atomic E-state index is 13.6. The Bertz CT molecular complexity index is 415. The zero-order valence-corrected chi connectivity index (χ0v) is 11.5. The number of hydrogen-bond donors (Lipinski definition) is 1. The average Bonchev–Trinajstić information content (AvgIpc) is 2.33. The zero-order chi connectivity index (χ0) is 13.5. The summed E-state index contributed by atoms with van der Waals surface area (Å²) in [4.78, 5) is 17.2. The third kappa shape index (κ3) is 4.19. The topological polar surface area (TPSA) is 41.6 Å². The number of hydrogen-bond acceptors (Lipinski definition) is 3. The van der Waals surface area contributed by atoms with Crippen molar-refractivity contribution >= 4 is 23.5 Å². The molecule has 100 valence electrons. The molecular formula is C12H17FN2O2S. The number of amides is 2. The highest BCUT2D eigenvalue weighted by Gasteiger charge is 2.10. The average molecular weight is 272 g/mol. The van der Waals surface area contributed by atoms with Gasteiger partial charge in [0, 0.05) is 17.6 Å². The van der Waals surface area contributed by atoms with Crippen molar-refractivity contribution in [3.8, 4) is 0 Å². The maximum Gasteiger partial charge on any atom is 0.345 e. The van der Waals surface area contributed by atoms with Gasteiger partial charge < -0.3 is 5.32 Å². The second-order valence-electron chi connectivity index (χ2n) is 3.42. The molecule has 0 atom stereocenters. The standard InChI is InChI=1S/C12H17FN2O2S/c1-4-17-15(3)12(16)14-9-6-7-11(18-5-2)10(13)8-9/h6-8H,4-5H2,1-3H3,(H,14,16). The lowest BCUT2D eigenvalue weighted by molar-refractivity contribution is -0.0879. The number of anilines is 1. The van der Waals surface area contributed by atoms with Crippen molar-refractivity contribution in [2.24, 2.45) is 0 Å². The summed E-state index contributed by atoms with van der Waals surface area (Å²) in [7, 11) is 1.50. The van der Waals surface area contributed by atoms with Crippen LogP contribution in [0.4, 0.5) is 14.9 Å². The minimum atomic E-state index is -0.438. The third-order valence-corrected chi connectivity index (χ3v) is 3.02. The van der Waals surface area contributed by atoms with Crippen LogP contribution in [0.15, 0.2) is 23.1 Å². The highest BCUT2D eigenvalue weighted by atomic mass is 32.2. The molecule has 0 aliphatic heterocycles. The largest absolute Gasteiger partial charge is 0.345 e. The van der Waals surface area contributed by atoms with Gasteiger partial charge in [0.15, 0.2) is 0 Å². The van der Waals surface area contributed by atoms with Crippen molar-refractivity contribution in [1.82, 2.24) is 5.06 Å². The number of carbonyl (C=O) groups excluding carboxylic acids is 1. The minimum Gasteiger partial charge on any atom is -0.306 e. The Morgan fingerprint density at radius 2 is 2.22 bits per heavy atom. The Balaban J connectivity index is 2.68. The minimum absolute atomic E-state index is 0.335. The van der Waals surface area contributed by atoms with Crippen molar-refractivity contribution < 1.29 is 14.0 Å². The molecule has 1 aromatic rings. The van der Waals surface area contributed by atoms with Crippen molar-refractivity contribution in [2.75, 3.05) is 24.7 Å². The van der Waals surface area contributed by atoms with Crippen molar-refractivity contribution in [1.29, 1.82) is 0 Å². The molecule has 0 bridgehead atoms. The smallest absolute Gasteiger partial charge is 0.306 e. The Morgan fingerprint density at radius 1 is 1.50 bits per heavy atom. The monoisotopic (exact) mass is 272 g/mol. The van der Waals surface area contributed by atoms with Gasteiger partial charge in [0.05, 0.1) is 6.61 Å². The van der Waals surface area contributed by atoms with Gasteiger partial charge in [-0.15, -0.1) is 11.8 Å². The van der Waals surface area contributed by atoms with Gasteiger partial charge in [-0.2, -0.15) is 0 Å². The molecule has 0 aliphatic carbocycles. The van der Waals surface area contributed by atoms with Crippen molar-refractivity contribution in [2.45, 2.75) is 18.7 Å². The molecule has 0 aromatic heterocycles. The van der Waals surface area contributed by atoms with Crippen LogP contribution in [0.3, 0.4) is 0 Å². The van der Waals surface area contributed by atoms with Gasteiger partial charge in [-0.3, -0.25) is 4.84 Å². The van der Waals surface area contributed by atoms with Crippen molar-refractivity contribution in [3.63, 3.8) is 0 Å². The van der Waals surface area contributed by atoms with Crippen LogP contribution in [0.2, 0.25) is 0 Å². The number of hydroxylamine groups is 2. The summed E-state index contributed by atoms with van der Waals surface area (Å²) < 4.78 is 13.6. The molecule has 0 fully saturated rings. The molecule has 0 spiro atoms. The SMILES string of the molecule is CCON(C)C(=O)Nc1ccc(SCC)c(F)c1. The third-order valence-electron chi connectivity index (χ3n) is 2.09. The summed E-state index contributed by atoms with van der Waals surface area (Å²) in [5, 5.41) is 3.63. The predicted molar refractivity (Wildman–Crippen MR) is 71.2 cm³/mol. The van der Waals surface area contributed by atoms with E-state index in [4.69, 9.17) is 4.84 Å². The zero-order valence-electron chi connectivity index (χ0n) is 10.7. The number of benzene rings is 1. The maximum absolute atomic E-state index is 13.6. The van der Waals surface area contributed by atoms with Gasteiger partial charge in [-0.1, -0.05) is 6.92 Å². The summed E-state index contributed by atoms with van der Waals surface area (Å²) in [5.74, 6) is 0.467. The summed E-state index contributed by atoms with van der Waals surface area (Å²) in [6, 6.07) is 4.18. The Hall–Kier alpha value is -1.27. The van der Waals surface area contributed by atoms with Crippen LogP contribution in [0.1, 0.15) is 13.8 Å². The van der Waals surface area contributed by atoms with Crippen LogP contribution >= 0.6 is 11.8 Å². The Kier molecular flexibility index (Phi) is 5.94. The number of nitrogens with zero attached hydrogens (tertiary/aromatic N) is 1. The van der Waals surface area contributed by atoms with Gasteiger partial charge in [-0.25, -0.2) is 14.2 Å². The molecule has 2 amide bonds. The number of thioether (sulfide) groups is 1. The lowest BCUT2D eigenvalue weighted by Crippen LogP contribution is -2.31. The fraction of sp³-hybridized carbons (Fsp3) is 0.417. The fourth-order valence-corrected chi connectivity index (χ4v) is 1.98.